The lowest BCUT2D eigenvalue weighted by Gasteiger charge is -2.00. The molecule has 0 spiro atoms. The minimum Gasteiger partial charge on any atom is -0.339 e. The van der Waals surface area contributed by atoms with Gasteiger partial charge in [0.05, 0.1) is 0 Å². The van der Waals surface area contributed by atoms with Gasteiger partial charge in [0.15, 0.2) is 0 Å². The highest BCUT2D eigenvalue weighted by atomic mass is 19.1. The van der Waals surface area contributed by atoms with Crippen molar-refractivity contribution in [3.63, 3.8) is 0 Å². The number of nitrogens with one attached hydrogen (secondary N) is 1. The Morgan fingerprint density at radius 2 is 1.96 bits per heavy atom. The smallest absolute Gasteiger partial charge is 0.242 e. The van der Waals surface area contributed by atoms with Crippen LogP contribution in [0.5, 0.6) is 0 Å². The topological polar surface area (TPSA) is 80.5 Å². The predicted molar refractivity (Wildman–Crippen MR) is 78.1 cm³/mol. The fourth-order valence-corrected chi connectivity index (χ4v) is 3.00. The van der Waals surface area contributed by atoms with Crippen LogP contribution in [-0.2, 0) is 0 Å². The summed E-state index contributed by atoms with van der Waals surface area (Å²) in [6.07, 6.45) is 2.95. The molecule has 3 aromatic rings. The Morgan fingerprint density at radius 1 is 1.08 bits per heavy atom. The number of rotatable bonds is 4. The van der Waals surface area contributed by atoms with Crippen LogP contribution in [0.1, 0.15) is 54.3 Å². The zero-order valence-corrected chi connectivity index (χ0v) is 12.5. The second-order valence-corrected chi connectivity index (χ2v) is 6.39. The van der Waals surface area contributed by atoms with Gasteiger partial charge >= 0.3 is 0 Å². The molecule has 2 aliphatic carbocycles. The molecule has 1 N–H and O–H groups in total. The van der Waals surface area contributed by atoms with E-state index >= 15 is 0 Å². The molecule has 2 aromatic heterocycles. The normalized spacial score (nSPS) is 22.8. The summed E-state index contributed by atoms with van der Waals surface area (Å²) in [6.45, 7) is 0. The SMILES string of the molecule is Fc1ccc([C@@H]2C[C@H]2c2nc(-c3n[nH]c(C4CC4)n3)no2)c(F)c1. The summed E-state index contributed by atoms with van der Waals surface area (Å²) in [5, 5.41) is 10.9. The molecule has 0 bridgehead atoms. The zero-order chi connectivity index (χ0) is 16.3. The molecule has 1 aromatic carbocycles. The lowest BCUT2D eigenvalue weighted by atomic mass is 10.1. The summed E-state index contributed by atoms with van der Waals surface area (Å²) >= 11 is 0. The number of halogens is 2. The van der Waals surface area contributed by atoms with Crippen LogP contribution in [0.25, 0.3) is 11.6 Å². The van der Waals surface area contributed by atoms with Gasteiger partial charge in [-0.05, 0) is 36.8 Å². The molecule has 0 unspecified atom stereocenters. The first kappa shape index (κ1) is 13.8. The Balaban J connectivity index is 1.36. The molecule has 2 aliphatic rings. The number of hydrogen-bond acceptors (Lipinski definition) is 5. The zero-order valence-electron chi connectivity index (χ0n) is 12.5. The van der Waals surface area contributed by atoms with Crippen LogP contribution >= 0.6 is 0 Å². The maximum Gasteiger partial charge on any atom is 0.242 e. The summed E-state index contributed by atoms with van der Waals surface area (Å²) in [5.41, 5.74) is 0.482. The quantitative estimate of drug-likeness (QED) is 0.794. The van der Waals surface area contributed by atoms with Crippen molar-refractivity contribution in [3.05, 3.63) is 47.1 Å². The van der Waals surface area contributed by atoms with Crippen LogP contribution in [0, 0.1) is 11.6 Å². The minimum absolute atomic E-state index is 0.0481. The van der Waals surface area contributed by atoms with E-state index in [1.54, 1.807) is 0 Å². The standard InChI is InChI=1S/C16H13F2N5O/c17-8-3-4-9(12(18)5-8)10-6-11(10)16-20-15(23-24-16)14-19-13(21-22-14)7-1-2-7/h3-5,7,10-11H,1-2,6H2,(H,19,21,22)/t10-,11+/m0/s1. The summed E-state index contributed by atoms with van der Waals surface area (Å²) in [5.74, 6) is 1.28. The van der Waals surface area contributed by atoms with E-state index in [4.69, 9.17) is 4.52 Å². The summed E-state index contributed by atoms with van der Waals surface area (Å²) in [4.78, 5) is 8.72. The molecule has 2 fully saturated rings. The Labute approximate surface area is 135 Å². The largest absolute Gasteiger partial charge is 0.339 e. The van der Waals surface area contributed by atoms with E-state index in [0.717, 1.165) is 24.7 Å². The molecule has 0 amide bonds. The van der Waals surface area contributed by atoms with Crippen molar-refractivity contribution in [1.82, 2.24) is 25.3 Å². The lowest BCUT2D eigenvalue weighted by Crippen LogP contribution is -1.91. The van der Waals surface area contributed by atoms with E-state index in [2.05, 4.69) is 25.3 Å². The summed E-state index contributed by atoms with van der Waals surface area (Å²) in [6, 6.07) is 3.64. The van der Waals surface area contributed by atoms with Gasteiger partial charge in [-0.25, -0.2) is 13.8 Å². The van der Waals surface area contributed by atoms with Crippen molar-refractivity contribution in [2.75, 3.05) is 0 Å². The molecule has 24 heavy (non-hydrogen) atoms. The van der Waals surface area contributed by atoms with E-state index in [9.17, 15) is 8.78 Å². The van der Waals surface area contributed by atoms with E-state index in [1.165, 1.54) is 12.1 Å². The van der Waals surface area contributed by atoms with Crippen LogP contribution in [-0.4, -0.2) is 25.3 Å². The number of aromatic amines is 1. The van der Waals surface area contributed by atoms with E-state index in [1.807, 2.05) is 0 Å². The number of nitrogens with zero attached hydrogens (tertiary/aromatic N) is 4. The maximum atomic E-state index is 13.9. The van der Waals surface area contributed by atoms with Crippen molar-refractivity contribution in [2.24, 2.45) is 0 Å². The monoisotopic (exact) mass is 329 g/mol. The third kappa shape index (κ3) is 2.29. The predicted octanol–water partition coefficient (Wildman–Crippen LogP) is 3.28. The molecule has 8 heteroatoms. The third-order valence-electron chi connectivity index (χ3n) is 4.58. The van der Waals surface area contributed by atoms with Crippen molar-refractivity contribution in [3.8, 4) is 11.6 Å². The van der Waals surface area contributed by atoms with Gasteiger partial charge in [-0.2, -0.15) is 4.98 Å². The number of H-pyrrole nitrogens is 1. The molecule has 6 nitrogen and oxygen atoms in total. The van der Waals surface area contributed by atoms with Gasteiger partial charge in [0.2, 0.25) is 17.5 Å². The van der Waals surface area contributed by atoms with E-state index < -0.39 is 11.6 Å². The van der Waals surface area contributed by atoms with Gasteiger partial charge < -0.3 is 4.52 Å². The molecule has 2 heterocycles. The van der Waals surface area contributed by atoms with Crippen LogP contribution in [0.4, 0.5) is 8.78 Å². The average Bonchev–Trinajstić information content (AvgIpc) is 3.46. The van der Waals surface area contributed by atoms with Gasteiger partial charge in [-0.1, -0.05) is 11.2 Å². The number of hydrogen-bond donors (Lipinski definition) is 1. The highest BCUT2D eigenvalue weighted by Crippen LogP contribution is 2.54. The Hall–Kier alpha value is -2.64. The van der Waals surface area contributed by atoms with E-state index in [0.29, 0.717) is 35.4 Å². The first-order valence-corrected chi connectivity index (χ1v) is 7.90. The fourth-order valence-electron chi connectivity index (χ4n) is 3.00. The first-order valence-electron chi connectivity index (χ1n) is 7.90. The van der Waals surface area contributed by atoms with Crippen molar-refractivity contribution in [2.45, 2.75) is 37.0 Å². The molecule has 0 radical (unpaired) electrons. The van der Waals surface area contributed by atoms with Crippen molar-refractivity contribution in [1.29, 1.82) is 0 Å². The maximum absolute atomic E-state index is 13.9. The molecule has 5 rings (SSSR count). The highest BCUT2D eigenvalue weighted by Gasteiger charge is 2.45. The van der Waals surface area contributed by atoms with Crippen LogP contribution in [0.2, 0.25) is 0 Å². The molecule has 122 valence electrons. The Kier molecular flexibility index (Phi) is 2.83. The van der Waals surface area contributed by atoms with Crippen molar-refractivity contribution >= 4 is 0 Å². The van der Waals surface area contributed by atoms with Crippen LogP contribution < -0.4 is 0 Å². The number of aromatic nitrogens is 5. The summed E-state index contributed by atoms with van der Waals surface area (Å²) in [7, 11) is 0. The molecule has 2 saturated carbocycles. The molecular weight excluding hydrogens is 316 g/mol. The van der Waals surface area contributed by atoms with Crippen LogP contribution in [0.3, 0.4) is 0 Å². The molecule has 2 atom stereocenters. The number of benzene rings is 1. The third-order valence-corrected chi connectivity index (χ3v) is 4.58. The average molecular weight is 329 g/mol. The van der Waals surface area contributed by atoms with Gasteiger partial charge in [-0.3, -0.25) is 5.10 Å². The molecular formula is C16H13F2N5O. The molecule has 0 saturated heterocycles. The second-order valence-electron chi connectivity index (χ2n) is 6.39. The van der Waals surface area contributed by atoms with Gasteiger partial charge in [0, 0.05) is 17.9 Å². The Morgan fingerprint density at radius 3 is 2.75 bits per heavy atom. The van der Waals surface area contributed by atoms with Gasteiger partial charge in [0.1, 0.15) is 17.5 Å². The van der Waals surface area contributed by atoms with E-state index in [-0.39, 0.29) is 11.8 Å². The highest BCUT2D eigenvalue weighted by molar-refractivity contribution is 5.42. The molecule has 0 aliphatic heterocycles. The fraction of sp³-hybridized carbons (Fsp3) is 0.375. The minimum atomic E-state index is -0.579. The lowest BCUT2D eigenvalue weighted by molar-refractivity contribution is 0.378. The Bertz CT molecular complexity index is 917. The first-order chi connectivity index (χ1) is 11.7. The summed E-state index contributed by atoms with van der Waals surface area (Å²) < 4.78 is 32.2. The van der Waals surface area contributed by atoms with Crippen LogP contribution in [0.15, 0.2) is 22.7 Å². The van der Waals surface area contributed by atoms with Gasteiger partial charge in [-0.15, -0.1) is 5.10 Å². The second kappa shape index (κ2) is 4.93. The van der Waals surface area contributed by atoms with Gasteiger partial charge in [0.25, 0.3) is 0 Å². The van der Waals surface area contributed by atoms with Crippen molar-refractivity contribution < 1.29 is 13.3 Å².